The van der Waals surface area contributed by atoms with Crippen LogP contribution in [0.4, 0.5) is 10.1 Å². The Morgan fingerprint density at radius 1 is 1.50 bits per heavy atom. The maximum atomic E-state index is 12.7. The van der Waals surface area contributed by atoms with E-state index in [4.69, 9.17) is 5.73 Å². The first-order valence-corrected chi connectivity index (χ1v) is 3.89. The zero-order chi connectivity index (χ0) is 8.97. The molecule has 1 rings (SSSR count). The molecular weight excluding hydrogens is 153 g/mol. The summed E-state index contributed by atoms with van der Waals surface area (Å²) in [5.74, 6) is -0.233. The quantitative estimate of drug-likeness (QED) is 0.540. The molecule has 1 nitrogen and oxygen atoms in total. The lowest BCUT2D eigenvalue weighted by atomic mass is 10.1. The fourth-order valence-electron chi connectivity index (χ4n) is 1.05. The lowest BCUT2D eigenvalue weighted by molar-refractivity contribution is 0.625. The third-order valence-corrected chi connectivity index (χ3v) is 1.72. The Kier molecular flexibility index (Phi) is 2.86. The van der Waals surface area contributed by atoms with Crippen molar-refractivity contribution >= 4 is 5.69 Å². The Labute approximate surface area is 71.7 Å². The molecule has 0 saturated carbocycles. The van der Waals surface area contributed by atoms with Crippen LogP contribution in [0.1, 0.15) is 12.0 Å². The van der Waals surface area contributed by atoms with Crippen molar-refractivity contribution in [3.63, 3.8) is 0 Å². The van der Waals surface area contributed by atoms with Crippen LogP contribution in [0, 0.1) is 5.82 Å². The first-order chi connectivity index (χ1) is 5.74. The summed E-state index contributed by atoms with van der Waals surface area (Å²) in [7, 11) is 0. The van der Waals surface area contributed by atoms with Gasteiger partial charge in [-0.15, -0.1) is 6.58 Å². The summed E-state index contributed by atoms with van der Waals surface area (Å²) < 4.78 is 12.7. The van der Waals surface area contributed by atoms with Crippen LogP contribution in [0.5, 0.6) is 0 Å². The highest BCUT2D eigenvalue weighted by atomic mass is 19.1. The Morgan fingerprint density at radius 3 is 2.92 bits per heavy atom. The number of rotatable bonds is 3. The van der Waals surface area contributed by atoms with Crippen LogP contribution in [-0.2, 0) is 6.42 Å². The van der Waals surface area contributed by atoms with E-state index < -0.39 is 0 Å². The van der Waals surface area contributed by atoms with E-state index in [9.17, 15) is 4.39 Å². The fourth-order valence-corrected chi connectivity index (χ4v) is 1.05. The number of anilines is 1. The van der Waals surface area contributed by atoms with Crippen molar-refractivity contribution in [1.29, 1.82) is 0 Å². The summed E-state index contributed by atoms with van der Waals surface area (Å²) in [6.45, 7) is 3.59. The van der Waals surface area contributed by atoms with Gasteiger partial charge in [0.25, 0.3) is 0 Å². The van der Waals surface area contributed by atoms with E-state index in [1.165, 1.54) is 12.1 Å². The lowest BCUT2D eigenvalue weighted by Gasteiger charge is -2.02. The van der Waals surface area contributed by atoms with E-state index in [1.807, 2.05) is 0 Å². The average molecular weight is 165 g/mol. The van der Waals surface area contributed by atoms with Gasteiger partial charge in [0.1, 0.15) is 5.82 Å². The molecule has 1 aromatic rings. The van der Waals surface area contributed by atoms with Gasteiger partial charge in [-0.3, -0.25) is 0 Å². The van der Waals surface area contributed by atoms with E-state index in [1.54, 1.807) is 12.1 Å². The molecule has 0 aliphatic heterocycles. The van der Waals surface area contributed by atoms with E-state index in [0.29, 0.717) is 5.69 Å². The molecular formula is C10H12FN. The second-order valence-electron chi connectivity index (χ2n) is 2.67. The molecule has 0 amide bonds. The molecule has 0 bridgehead atoms. The van der Waals surface area contributed by atoms with Crippen LogP contribution in [0.25, 0.3) is 0 Å². The Bertz CT molecular complexity index is 281. The number of allylic oxidation sites excluding steroid dienone is 1. The van der Waals surface area contributed by atoms with Gasteiger partial charge in [0.05, 0.1) is 0 Å². The third-order valence-electron chi connectivity index (χ3n) is 1.72. The zero-order valence-corrected chi connectivity index (χ0v) is 6.89. The highest BCUT2D eigenvalue weighted by molar-refractivity contribution is 5.46. The first-order valence-electron chi connectivity index (χ1n) is 3.89. The maximum absolute atomic E-state index is 12.7. The molecule has 12 heavy (non-hydrogen) atoms. The van der Waals surface area contributed by atoms with Crippen LogP contribution < -0.4 is 5.73 Å². The minimum Gasteiger partial charge on any atom is -0.399 e. The Morgan fingerprint density at radius 2 is 2.25 bits per heavy atom. The van der Waals surface area contributed by atoms with Crippen molar-refractivity contribution in [2.45, 2.75) is 12.8 Å². The van der Waals surface area contributed by atoms with Gasteiger partial charge in [0.2, 0.25) is 0 Å². The van der Waals surface area contributed by atoms with Crippen molar-refractivity contribution in [3.8, 4) is 0 Å². The van der Waals surface area contributed by atoms with Gasteiger partial charge in [0.15, 0.2) is 0 Å². The molecule has 2 heteroatoms. The highest BCUT2D eigenvalue weighted by Gasteiger charge is 1.99. The van der Waals surface area contributed by atoms with E-state index in [-0.39, 0.29) is 5.82 Å². The topological polar surface area (TPSA) is 26.0 Å². The van der Waals surface area contributed by atoms with Gasteiger partial charge >= 0.3 is 0 Å². The van der Waals surface area contributed by atoms with E-state index in [0.717, 1.165) is 18.4 Å². The number of benzene rings is 1. The minimum atomic E-state index is -0.233. The third kappa shape index (κ3) is 2.09. The molecule has 0 spiro atoms. The molecule has 0 atom stereocenters. The van der Waals surface area contributed by atoms with Gasteiger partial charge in [-0.05, 0) is 36.6 Å². The van der Waals surface area contributed by atoms with Crippen LogP contribution in [0.15, 0.2) is 30.9 Å². The molecule has 0 unspecified atom stereocenters. The molecule has 2 N–H and O–H groups in total. The van der Waals surface area contributed by atoms with Crippen LogP contribution in [0.3, 0.4) is 0 Å². The SMILES string of the molecule is C=CCCc1cc(F)ccc1N. The summed E-state index contributed by atoms with van der Waals surface area (Å²) in [5.41, 5.74) is 7.14. The molecule has 0 fully saturated rings. The minimum absolute atomic E-state index is 0.233. The van der Waals surface area contributed by atoms with E-state index >= 15 is 0 Å². The van der Waals surface area contributed by atoms with Crippen LogP contribution in [0.2, 0.25) is 0 Å². The predicted molar refractivity (Wildman–Crippen MR) is 49.3 cm³/mol. The molecule has 0 heterocycles. The van der Waals surface area contributed by atoms with Crippen molar-refractivity contribution in [1.82, 2.24) is 0 Å². The number of aryl methyl sites for hydroxylation is 1. The van der Waals surface area contributed by atoms with Crippen LogP contribution >= 0.6 is 0 Å². The molecule has 0 aliphatic rings. The molecule has 0 radical (unpaired) electrons. The summed E-state index contributed by atoms with van der Waals surface area (Å²) in [6, 6.07) is 4.43. The van der Waals surface area contributed by atoms with Crippen molar-refractivity contribution < 1.29 is 4.39 Å². The van der Waals surface area contributed by atoms with Crippen molar-refractivity contribution in [2.24, 2.45) is 0 Å². The normalized spacial score (nSPS) is 9.75. The highest BCUT2D eigenvalue weighted by Crippen LogP contribution is 2.14. The molecule has 1 aromatic carbocycles. The number of nitrogens with two attached hydrogens (primary N) is 1. The number of halogens is 1. The average Bonchev–Trinajstić information content (AvgIpc) is 2.07. The monoisotopic (exact) mass is 165 g/mol. The summed E-state index contributed by atoms with van der Waals surface area (Å²) in [6.07, 6.45) is 3.38. The van der Waals surface area contributed by atoms with Gasteiger partial charge in [-0.1, -0.05) is 6.08 Å². The summed E-state index contributed by atoms with van der Waals surface area (Å²) in [5, 5.41) is 0. The van der Waals surface area contributed by atoms with Crippen molar-refractivity contribution in [3.05, 3.63) is 42.2 Å². The molecule has 64 valence electrons. The molecule has 0 aliphatic carbocycles. The number of hydrogen-bond donors (Lipinski definition) is 1. The van der Waals surface area contributed by atoms with Gasteiger partial charge in [-0.25, -0.2) is 4.39 Å². The fraction of sp³-hybridized carbons (Fsp3) is 0.200. The number of hydrogen-bond acceptors (Lipinski definition) is 1. The second kappa shape index (κ2) is 3.90. The van der Waals surface area contributed by atoms with Gasteiger partial charge in [-0.2, -0.15) is 0 Å². The first kappa shape index (κ1) is 8.78. The molecule has 0 aromatic heterocycles. The summed E-state index contributed by atoms with van der Waals surface area (Å²) in [4.78, 5) is 0. The van der Waals surface area contributed by atoms with Crippen LogP contribution in [-0.4, -0.2) is 0 Å². The Hall–Kier alpha value is -1.31. The molecule has 0 saturated heterocycles. The smallest absolute Gasteiger partial charge is 0.123 e. The lowest BCUT2D eigenvalue weighted by Crippen LogP contribution is -1.94. The zero-order valence-electron chi connectivity index (χ0n) is 6.89. The predicted octanol–water partition coefficient (Wildman–Crippen LogP) is 2.53. The standard InChI is InChI=1S/C10H12FN/c1-2-3-4-8-7-9(11)5-6-10(8)12/h2,5-7H,1,3-4,12H2. The maximum Gasteiger partial charge on any atom is 0.123 e. The summed E-state index contributed by atoms with van der Waals surface area (Å²) >= 11 is 0. The van der Waals surface area contributed by atoms with Crippen molar-refractivity contribution in [2.75, 3.05) is 5.73 Å². The number of nitrogen functional groups attached to an aromatic ring is 1. The van der Waals surface area contributed by atoms with E-state index in [2.05, 4.69) is 6.58 Å². The van der Waals surface area contributed by atoms with Gasteiger partial charge < -0.3 is 5.73 Å². The largest absolute Gasteiger partial charge is 0.399 e. The Balaban J connectivity index is 2.82. The second-order valence-corrected chi connectivity index (χ2v) is 2.67. The van der Waals surface area contributed by atoms with Gasteiger partial charge in [0, 0.05) is 5.69 Å².